The molecular formula is C18H25N5. The zero-order valence-corrected chi connectivity index (χ0v) is 13.9. The summed E-state index contributed by atoms with van der Waals surface area (Å²) < 4.78 is 2.09. The van der Waals surface area contributed by atoms with E-state index < -0.39 is 0 Å². The van der Waals surface area contributed by atoms with E-state index >= 15 is 0 Å². The highest BCUT2D eigenvalue weighted by Gasteiger charge is 2.17. The summed E-state index contributed by atoms with van der Waals surface area (Å²) in [5.41, 5.74) is 10.4. The topological polar surface area (TPSA) is 68.2 Å². The van der Waals surface area contributed by atoms with E-state index in [4.69, 9.17) is 5.73 Å². The third-order valence-electron chi connectivity index (χ3n) is 4.55. The monoisotopic (exact) mass is 311 g/mol. The van der Waals surface area contributed by atoms with Crippen molar-refractivity contribution in [2.24, 2.45) is 10.7 Å². The zero-order chi connectivity index (χ0) is 16.2. The van der Waals surface area contributed by atoms with Crippen LogP contribution in [0.4, 0.5) is 5.69 Å². The number of aliphatic imine (C=N–C) groups is 1. The summed E-state index contributed by atoms with van der Waals surface area (Å²) in [6.07, 6.45) is 7.16. The lowest BCUT2D eigenvalue weighted by Gasteiger charge is -2.09. The second-order valence-corrected chi connectivity index (χ2v) is 6.35. The van der Waals surface area contributed by atoms with Crippen molar-refractivity contribution >= 4 is 11.6 Å². The molecule has 3 rings (SSSR count). The number of hydrogen-bond acceptors (Lipinski definition) is 2. The van der Waals surface area contributed by atoms with Crippen LogP contribution in [0.1, 0.15) is 48.5 Å². The molecule has 122 valence electrons. The third kappa shape index (κ3) is 3.92. The van der Waals surface area contributed by atoms with Crippen molar-refractivity contribution in [3.05, 3.63) is 47.3 Å². The van der Waals surface area contributed by atoms with E-state index in [-0.39, 0.29) is 0 Å². The van der Waals surface area contributed by atoms with Gasteiger partial charge in [-0.3, -0.25) is 4.68 Å². The van der Waals surface area contributed by atoms with Crippen molar-refractivity contribution < 1.29 is 0 Å². The van der Waals surface area contributed by atoms with Gasteiger partial charge in [-0.1, -0.05) is 18.9 Å². The van der Waals surface area contributed by atoms with E-state index in [0.717, 1.165) is 11.4 Å². The summed E-state index contributed by atoms with van der Waals surface area (Å²) in [5.74, 6) is 0.420. The van der Waals surface area contributed by atoms with E-state index in [1.165, 1.54) is 36.8 Å². The minimum Gasteiger partial charge on any atom is -0.370 e. The lowest BCUT2D eigenvalue weighted by atomic mass is 10.1. The predicted molar refractivity (Wildman–Crippen MR) is 94.6 cm³/mol. The van der Waals surface area contributed by atoms with Gasteiger partial charge in [0.15, 0.2) is 5.96 Å². The van der Waals surface area contributed by atoms with Crippen molar-refractivity contribution in [3.63, 3.8) is 0 Å². The largest absolute Gasteiger partial charge is 0.370 e. The Kier molecular flexibility index (Phi) is 4.65. The summed E-state index contributed by atoms with van der Waals surface area (Å²) in [6, 6.07) is 8.77. The molecule has 0 bridgehead atoms. The molecule has 5 nitrogen and oxygen atoms in total. The minimum atomic E-state index is 0.420. The molecule has 1 aliphatic rings. The zero-order valence-electron chi connectivity index (χ0n) is 13.9. The first-order valence-electron chi connectivity index (χ1n) is 8.30. The van der Waals surface area contributed by atoms with Crippen LogP contribution in [0.3, 0.4) is 0 Å². The third-order valence-corrected chi connectivity index (χ3v) is 4.55. The number of aryl methyl sites for hydroxylation is 2. The van der Waals surface area contributed by atoms with Gasteiger partial charge in [-0.05, 0) is 56.0 Å². The van der Waals surface area contributed by atoms with Crippen LogP contribution in [0.5, 0.6) is 0 Å². The van der Waals surface area contributed by atoms with Crippen LogP contribution in [-0.4, -0.2) is 15.7 Å². The first kappa shape index (κ1) is 15.6. The maximum Gasteiger partial charge on any atom is 0.193 e. The Morgan fingerprint density at radius 1 is 1.26 bits per heavy atom. The first-order valence-corrected chi connectivity index (χ1v) is 8.30. The van der Waals surface area contributed by atoms with Crippen LogP contribution in [0, 0.1) is 13.8 Å². The number of benzene rings is 1. The summed E-state index contributed by atoms with van der Waals surface area (Å²) in [7, 11) is 0. The number of nitrogens with two attached hydrogens (primary N) is 1. The fourth-order valence-electron chi connectivity index (χ4n) is 3.01. The van der Waals surface area contributed by atoms with E-state index in [1.807, 2.05) is 12.1 Å². The summed E-state index contributed by atoms with van der Waals surface area (Å²) in [6.45, 7) is 4.68. The Hall–Kier alpha value is -2.30. The minimum absolute atomic E-state index is 0.420. The molecule has 0 atom stereocenters. The lowest BCUT2D eigenvalue weighted by molar-refractivity contribution is 0.463. The lowest BCUT2D eigenvalue weighted by Crippen LogP contribution is -2.22. The SMILES string of the molecule is Cc1ccc(NC(N)=NCc2ccn(C3CCCC3)n2)cc1C. The van der Waals surface area contributed by atoms with Gasteiger partial charge in [-0.25, -0.2) is 4.99 Å². The summed E-state index contributed by atoms with van der Waals surface area (Å²) in [4.78, 5) is 4.39. The average molecular weight is 311 g/mol. The smallest absolute Gasteiger partial charge is 0.193 e. The molecule has 2 aromatic rings. The highest BCUT2D eigenvalue weighted by molar-refractivity contribution is 5.92. The Morgan fingerprint density at radius 3 is 2.78 bits per heavy atom. The fourth-order valence-corrected chi connectivity index (χ4v) is 3.01. The van der Waals surface area contributed by atoms with Gasteiger partial charge in [0.25, 0.3) is 0 Å². The van der Waals surface area contributed by atoms with Crippen LogP contribution < -0.4 is 11.1 Å². The van der Waals surface area contributed by atoms with Crippen molar-refractivity contribution in [2.75, 3.05) is 5.32 Å². The quantitative estimate of drug-likeness (QED) is 0.670. The second-order valence-electron chi connectivity index (χ2n) is 6.35. The summed E-state index contributed by atoms with van der Waals surface area (Å²) >= 11 is 0. The van der Waals surface area contributed by atoms with Crippen LogP contribution in [-0.2, 0) is 6.54 Å². The average Bonchev–Trinajstić information content (AvgIpc) is 3.19. The van der Waals surface area contributed by atoms with Crippen LogP contribution in [0.25, 0.3) is 0 Å². The van der Waals surface area contributed by atoms with Crippen LogP contribution in [0.2, 0.25) is 0 Å². The molecule has 1 heterocycles. The number of nitrogens with zero attached hydrogens (tertiary/aromatic N) is 3. The van der Waals surface area contributed by atoms with Crippen molar-refractivity contribution in [3.8, 4) is 0 Å². The molecule has 5 heteroatoms. The first-order chi connectivity index (χ1) is 11.1. The van der Waals surface area contributed by atoms with Crippen molar-refractivity contribution in [1.82, 2.24) is 9.78 Å². The van der Waals surface area contributed by atoms with E-state index in [1.54, 1.807) is 0 Å². The van der Waals surface area contributed by atoms with Gasteiger partial charge >= 0.3 is 0 Å². The number of nitrogens with one attached hydrogen (secondary N) is 1. The molecule has 0 spiro atoms. The molecule has 1 saturated carbocycles. The van der Waals surface area contributed by atoms with E-state index in [9.17, 15) is 0 Å². The predicted octanol–water partition coefficient (Wildman–Crippen LogP) is 3.54. The number of rotatable bonds is 4. The highest BCUT2D eigenvalue weighted by atomic mass is 15.3. The molecule has 0 unspecified atom stereocenters. The second kappa shape index (κ2) is 6.86. The van der Waals surface area contributed by atoms with Crippen LogP contribution in [0.15, 0.2) is 35.5 Å². The van der Waals surface area contributed by atoms with E-state index in [2.05, 4.69) is 52.3 Å². The number of aromatic nitrogens is 2. The Balaban J connectivity index is 1.59. The van der Waals surface area contributed by atoms with Crippen LogP contribution >= 0.6 is 0 Å². The maximum absolute atomic E-state index is 5.97. The molecule has 0 radical (unpaired) electrons. The van der Waals surface area contributed by atoms with Gasteiger partial charge in [0.2, 0.25) is 0 Å². The molecular weight excluding hydrogens is 286 g/mol. The van der Waals surface area contributed by atoms with Gasteiger partial charge in [-0.15, -0.1) is 0 Å². The van der Waals surface area contributed by atoms with Crippen molar-refractivity contribution in [2.45, 2.75) is 52.1 Å². The van der Waals surface area contributed by atoms with Gasteiger partial charge in [0.1, 0.15) is 0 Å². The molecule has 1 fully saturated rings. The standard InChI is InChI=1S/C18H25N5/c1-13-7-8-15(11-14(13)2)21-18(19)20-12-16-9-10-23(22-16)17-5-3-4-6-17/h7-11,17H,3-6,12H2,1-2H3,(H3,19,20,21). The number of anilines is 1. The van der Waals surface area contributed by atoms with Gasteiger partial charge in [-0.2, -0.15) is 5.10 Å². The normalized spacial score (nSPS) is 16.0. The Labute approximate surface area is 137 Å². The van der Waals surface area contributed by atoms with Gasteiger partial charge in [0.05, 0.1) is 18.3 Å². The Morgan fingerprint density at radius 2 is 2.04 bits per heavy atom. The molecule has 0 aliphatic heterocycles. The van der Waals surface area contributed by atoms with Gasteiger partial charge < -0.3 is 11.1 Å². The molecule has 3 N–H and O–H groups in total. The molecule has 23 heavy (non-hydrogen) atoms. The molecule has 0 amide bonds. The number of guanidine groups is 1. The summed E-state index contributed by atoms with van der Waals surface area (Å²) in [5, 5.41) is 7.76. The highest BCUT2D eigenvalue weighted by Crippen LogP contribution is 2.28. The molecule has 1 aliphatic carbocycles. The fraction of sp³-hybridized carbons (Fsp3) is 0.444. The molecule has 1 aromatic heterocycles. The molecule has 0 saturated heterocycles. The number of hydrogen-bond donors (Lipinski definition) is 2. The molecule has 1 aromatic carbocycles. The van der Waals surface area contributed by atoms with Gasteiger partial charge in [0, 0.05) is 11.9 Å². The van der Waals surface area contributed by atoms with E-state index in [0.29, 0.717) is 18.5 Å². The van der Waals surface area contributed by atoms with Crippen molar-refractivity contribution in [1.29, 1.82) is 0 Å². The maximum atomic E-state index is 5.97. The Bertz CT molecular complexity index is 695.